The number of piperazine rings is 1. The molecular formula is C20H21ClN4O3S2. The third-order valence-electron chi connectivity index (χ3n) is 5.25. The van der Waals surface area contributed by atoms with Crippen molar-refractivity contribution in [2.24, 2.45) is 0 Å². The second kappa shape index (κ2) is 8.60. The van der Waals surface area contributed by atoms with Crippen LogP contribution in [0.5, 0.6) is 0 Å². The van der Waals surface area contributed by atoms with Crippen molar-refractivity contribution in [3.05, 3.63) is 53.0 Å². The zero-order valence-corrected chi connectivity index (χ0v) is 18.7. The average molecular weight is 465 g/mol. The fourth-order valence-electron chi connectivity index (χ4n) is 3.51. The minimum Gasteiger partial charge on any atom is -0.324 e. The number of anilines is 1. The summed E-state index contributed by atoms with van der Waals surface area (Å²) < 4.78 is 27.6. The van der Waals surface area contributed by atoms with E-state index < -0.39 is 16.1 Å². The second-order valence-electron chi connectivity index (χ2n) is 7.04. The lowest BCUT2D eigenvalue weighted by molar-refractivity contribution is -0.121. The van der Waals surface area contributed by atoms with Gasteiger partial charge in [-0.2, -0.15) is 4.31 Å². The number of sulfonamides is 1. The molecule has 1 fully saturated rings. The van der Waals surface area contributed by atoms with E-state index in [4.69, 9.17) is 11.6 Å². The fourth-order valence-corrected chi connectivity index (χ4v) is 6.57. The number of fused-ring (bicyclic) bond motifs is 1. The van der Waals surface area contributed by atoms with Gasteiger partial charge in [0.1, 0.15) is 4.21 Å². The molecule has 2 aromatic heterocycles. The van der Waals surface area contributed by atoms with E-state index in [9.17, 15) is 13.2 Å². The highest BCUT2D eigenvalue weighted by Gasteiger charge is 2.32. The Morgan fingerprint density at radius 1 is 1.13 bits per heavy atom. The number of thiophene rings is 1. The van der Waals surface area contributed by atoms with Crippen LogP contribution >= 0.6 is 22.9 Å². The van der Waals surface area contributed by atoms with Crippen molar-refractivity contribution in [2.45, 2.75) is 17.2 Å². The minimum absolute atomic E-state index is 0.132. The monoisotopic (exact) mass is 464 g/mol. The molecule has 0 radical (unpaired) electrons. The van der Waals surface area contributed by atoms with Crippen LogP contribution in [-0.4, -0.2) is 60.7 Å². The lowest BCUT2D eigenvalue weighted by Gasteiger charge is -2.36. The van der Waals surface area contributed by atoms with Crippen LogP contribution in [-0.2, 0) is 14.8 Å². The van der Waals surface area contributed by atoms with Crippen LogP contribution < -0.4 is 5.32 Å². The molecule has 1 aliphatic rings. The molecular weight excluding hydrogens is 444 g/mol. The molecule has 3 heterocycles. The molecule has 30 heavy (non-hydrogen) atoms. The predicted octanol–water partition coefficient (Wildman–Crippen LogP) is 3.28. The van der Waals surface area contributed by atoms with Crippen LogP contribution in [0.25, 0.3) is 10.9 Å². The van der Waals surface area contributed by atoms with E-state index >= 15 is 0 Å². The van der Waals surface area contributed by atoms with Gasteiger partial charge in [0.25, 0.3) is 10.0 Å². The van der Waals surface area contributed by atoms with Crippen LogP contribution in [0.2, 0.25) is 4.34 Å². The fraction of sp³-hybridized carbons (Fsp3) is 0.300. The number of hydrogen-bond acceptors (Lipinski definition) is 6. The Morgan fingerprint density at radius 2 is 1.90 bits per heavy atom. The van der Waals surface area contributed by atoms with Crippen LogP contribution in [0.1, 0.15) is 6.92 Å². The Hall–Kier alpha value is -2.04. The molecule has 10 heteroatoms. The second-order valence-corrected chi connectivity index (χ2v) is 10.9. The first-order valence-electron chi connectivity index (χ1n) is 9.50. The Labute approximate surface area is 184 Å². The van der Waals surface area contributed by atoms with Crippen molar-refractivity contribution in [2.75, 3.05) is 31.5 Å². The number of nitrogens with one attached hydrogen (secondary N) is 1. The lowest BCUT2D eigenvalue weighted by atomic mass is 10.1. The number of hydrogen-bond donors (Lipinski definition) is 1. The van der Waals surface area contributed by atoms with Gasteiger partial charge in [-0.1, -0.05) is 17.7 Å². The highest BCUT2D eigenvalue weighted by atomic mass is 35.5. The number of amides is 1. The molecule has 1 aromatic carbocycles. The Kier molecular flexibility index (Phi) is 6.08. The molecule has 0 spiro atoms. The van der Waals surface area contributed by atoms with Crippen molar-refractivity contribution in [1.29, 1.82) is 0 Å². The van der Waals surface area contributed by atoms with Gasteiger partial charge in [-0.15, -0.1) is 11.3 Å². The van der Waals surface area contributed by atoms with Gasteiger partial charge in [0.05, 0.1) is 21.6 Å². The van der Waals surface area contributed by atoms with E-state index in [1.54, 1.807) is 12.3 Å². The molecule has 158 valence electrons. The minimum atomic E-state index is -3.55. The van der Waals surface area contributed by atoms with Gasteiger partial charge in [0.2, 0.25) is 5.91 Å². The summed E-state index contributed by atoms with van der Waals surface area (Å²) in [5, 5.41) is 3.87. The van der Waals surface area contributed by atoms with Crippen molar-refractivity contribution < 1.29 is 13.2 Å². The Morgan fingerprint density at radius 3 is 2.60 bits per heavy atom. The molecule has 4 rings (SSSR count). The van der Waals surface area contributed by atoms with Gasteiger partial charge in [0.15, 0.2) is 0 Å². The third kappa shape index (κ3) is 4.21. The highest BCUT2D eigenvalue weighted by Crippen LogP contribution is 2.29. The van der Waals surface area contributed by atoms with Gasteiger partial charge in [-0.25, -0.2) is 8.42 Å². The lowest BCUT2D eigenvalue weighted by Crippen LogP contribution is -2.53. The molecule has 3 aromatic rings. The number of nitrogens with zero attached hydrogens (tertiary/aromatic N) is 3. The molecule has 0 bridgehead atoms. The summed E-state index contributed by atoms with van der Waals surface area (Å²) in [7, 11) is -3.55. The highest BCUT2D eigenvalue weighted by molar-refractivity contribution is 7.91. The molecule has 1 amide bonds. The molecule has 1 N–H and O–H groups in total. The van der Waals surface area contributed by atoms with Gasteiger partial charge >= 0.3 is 0 Å². The van der Waals surface area contributed by atoms with Crippen molar-refractivity contribution in [3.8, 4) is 0 Å². The Balaban J connectivity index is 1.40. The zero-order valence-electron chi connectivity index (χ0n) is 16.3. The van der Waals surface area contributed by atoms with E-state index in [0.717, 1.165) is 22.2 Å². The maximum absolute atomic E-state index is 12.8. The first kappa shape index (κ1) is 21.2. The summed E-state index contributed by atoms with van der Waals surface area (Å²) in [6, 6.07) is 12.1. The molecule has 0 aliphatic carbocycles. The van der Waals surface area contributed by atoms with Crippen molar-refractivity contribution in [3.63, 3.8) is 0 Å². The standard InChI is InChI=1S/C20H21ClN4O3S2/c1-14(20(26)23-17-6-2-5-16-15(17)4-3-9-22-16)24-10-12-25(13-11-24)30(27,28)19-8-7-18(21)29-19/h2-9,14H,10-13H2,1H3,(H,23,26)/t14-/m1/s1. The van der Waals surface area contributed by atoms with E-state index in [0.29, 0.717) is 36.2 Å². The summed E-state index contributed by atoms with van der Waals surface area (Å²) in [6.07, 6.45) is 1.72. The predicted molar refractivity (Wildman–Crippen MR) is 119 cm³/mol. The largest absolute Gasteiger partial charge is 0.324 e. The number of aromatic nitrogens is 1. The number of pyridine rings is 1. The molecule has 7 nitrogen and oxygen atoms in total. The summed E-state index contributed by atoms with van der Waals surface area (Å²) in [5.74, 6) is -0.132. The summed E-state index contributed by atoms with van der Waals surface area (Å²) in [5.41, 5.74) is 1.53. The van der Waals surface area contributed by atoms with Gasteiger partial charge in [0, 0.05) is 37.8 Å². The molecule has 0 saturated carbocycles. The van der Waals surface area contributed by atoms with Crippen LogP contribution in [0, 0.1) is 0 Å². The van der Waals surface area contributed by atoms with Crippen LogP contribution in [0.3, 0.4) is 0 Å². The summed E-state index contributed by atoms with van der Waals surface area (Å²) in [6.45, 7) is 3.44. The van der Waals surface area contributed by atoms with Crippen molar-refractivity contribution in [1.82, 2.24) is 14.2 Å². The van der Waals surface area contributed by atoms with Gasteiger partial charge in [-0.3, -0.25) is 14.7 Å². The number of rotatable bonds is 5. The SMILES string of the molecule is C[C@H](C(=O)Nc1cccc2ncccc12)N1CCN(S(=O)(=O)c2ccc(Cl)s2)CC1. The third-order valence-corrected chi connectivity index (χ3v) is 8.84. The smallest absolute Gasteiger partial charge is 0.252 e. The van der Waals surface area contributed by atoms with E-state index in [2.05, 4.69) is 10.3 Å². The maximum atomic E-state index is 12.8. The van der Waals surface area contributed by atoms with E-state index in [1.165, 1.54) is 10.4 Å². The van der Waals surface area contributed by atoms with E-state index in [-0.39, 0.29) is 10.1 Å². The van der Waals surface area contributed by atoms with Crippen molar-refractivity contribution >= 4 is 55.5 Å². The summed E-state index contributed by atoms with van der Waals surface area (Å²) in [4.78, 5) is 19.1. The number of halogens is 1. The van der Waals surface area contributed by atoms with Crippen LogP contribution in [0.15, 0.2) is 52.9 Å². The Bertz CT molecular complexity index is 1170. The van der Waals surface area contributed by atoms with Gasteiger partial charge < -0.3 is 5.32 Å². The van der Waals surface area contributed by atoms with Gasteiger partial charge in [-0.05, 0) is 43.3 Å². The van der Waals surface area contributed by atoms with Crippen LogP contribution in [0.4, 0.5) is 5.69 Å². The average Bonchev–Trinajstić information content (AvgIpc) is 3.21. The molecule has 1 aliphatic heterocycles. The quantitative estimate of drug-likeness (QED) is 0.626. The zero-order chi connectivity index (χ0) is 21.3. The summed E-state index contributed by atoms with van der Waals surface area (Å²) >= 11 is 6.94. The number of carbonyl (C=O) groups is 1. The first-order valence-corrected chi connectivity index (χ1v) is 12.1. The normalized spacial score (nSPS) is 17.1. The first-order chi connectivity index (χ1) is 14.4. The van der Waals surface area contributed by atoms with E-state index in [1.807, 2.05) is 42.2 Å². The molecule has 0 unspecified atom stereocenters. The topological polar surface area (TPSA) is 82.6 Å². The molecule has 1 saturated heterocycles. The maximum Gasteiger partial charge on any atom is 0.252 e. The molecule has 1 atom stereocenters. The number of benzene rings is 1. The number of carbonyl (C=O) groups excluding carboxylic acids is 1.